The summed E-state index contributed by atoms with van der Waals surface area (Å²) in [5.74, 6) is -2.33. The van der Waals surface area contributed by atoms with Gasteiger partial charge in [0.2, 0.25) is 5.91 Å². The number of nitrogens with zero attached hydrogens (tertiary/aromatic N) is 2. The Morgan fingerprint density at radius 1 is 1.23 bits per heavy atom. The number of morpholine rings is 1. The van der Waals surface area contributed by atoms with E-state index in [1.807, 2.05) is 4.90 Å². The Morgan fingerprint density at radius 2 is 1.85 bits per heavy atom. The third-order valence-corrected chi connectivity index (χ3v) is 4.82. The minimum Gasteiger partial charge on any atom is -0.475 e. The number of carboxylic acid groups (broad SMARTS) is 1. The number of hydrogen-bond acceptors (Lipinski definition) is 5. The zero-order valence-corrected chi connectivity index (χ0v) is 14.7. The molecule has 0 aliphatic carbocycles. The van der Waals surface area contributed by atoms with Crippen LogP contribution in [0.15, 0.2) is 0 Å². The van der Waals surface area contributed by atoms with E-state index < -0.39 is 12.1 Å². The van der Waals surface area contributed by atoms with Gasteiger partial charge in [-0.25, -0.2) is 4.79 Å². The maximum Gasteiger partial charge on any atom is 0.490 e. The van der Waals surface area contributed by atoms with Gasteiger partial charge in [-0.1, -0.05) is 0 Å². The van der Waals surface area contributed by atoms with Crippen LogP contribution < -0.4 is 0 Å². The third kappa shape index (κ3) is 5.55. The lowest BCUT2D eigenvalue weighted by Crippen LogP contribution is -2.46. The highest BCUT2D eigenvalue weighted by molar-refractivity contribution is 5.80. The van der Waals surface area contributed by atoms with Crippen LogP contribution >= 0.6 is 0 Å². The molecule has 150 valence electrons. The molecule has 1 amide bonds. The van der Waals surface area contributed by atoms with Crippen molar-refractivity contribution in [2.24, 2.45) is 5.92 Å². The van der Waals surface area contributed by atoms with Gasteiger partial charge < -0.3 is 19.5 Å². The summed E-state index contributed by atoms with van der Waals surface area (Å²) in [6.07, 6.45) is -1.51. The first kappa shape index (κ1) is 20.9. The van der Waals surface area contributed by atoms with Gasteiger partial charge in [-0.2, -0.15) is 13.2 Å². The Morgan fingerprint density at radius 3 is 2.38 bits per heavy atom. The van der Waals surface area contributed by atoms with Crippen molar-refractivity contribution in [2.45, 2.75) is 37.6 Å². The number of carboxylic acids is 1. The van der Waals surface area contributed by atoms with Crippen molar-refractivity contribution in [1.82, 2.24) is 9.80 Å². The molecular formula is C16H25F3N2O5. The fourth-order valence-electron chi connectivity index (χ4n) is 3.57. The Labute approximate surface area is 150 Å². The molecule has 3 aliphatic heterocycles. The monoisotopic (exact) mass is 382 g/mol. The number of halogens is 3. The lowest BCUT2D eigenvalue weighted by molar-refractivity contribution is -0.192. The molecule has 7 nitrogen and oxygen atoms in total. The Kier molecular flexibility index (Phi) is 7.24. The lowest BCUT2D eigenvalue weighted by atomic mass is 9.99. The number of amides is 1. The molecule has 0 aromatic heterocycles. The number of methoxy groups -OCH3 is 1. The van der Waals surface area contributed by atoms with E-state index in [9.17, 15) is 18.0 Å². The molecule has 2 bridgehead atoms. The fourth-order valence-corrected chi connectivity index (χ4v) is 3.57. The van der Waals surface area contributed by atoms with E-state index in [2.05, 4.69) is 4.90 Å². The highest BCUT2D eigenvalue weighted by Gasteiger charge is 2.45. The average Bonchev–Trinajstić information content (AvgIpc) is 3.20. The molecule has 3 rings (SSSR count). The van der Waals surface area contributed by atoms with Gasteiger partial charge in [-0.15, -0.1) is 0 Å². The van der Waals surface area contributed by atoms with Gasteiger partial charge in [0.15, 0.2) is 0 Å². The molecule has 0 radical (unpaired) electrons. The lowest BCUT2D eigenvalue weighted by Gasteiger charge is -2.32. The van der Waals surface area contributed by atoms with Gasteiger partial charge in [0, 0.05) is 39.8 Å². The number of hydrogen-bond donors (Lipinski definition) is 1. The zero-order valence-electron chi connectivity index (χ0n) is 14.7. The number of aliphatic carboxylic acids is 1. The van der Waals surface area contributed by atoms with Crippen LogP contribution in [0.5, 0.6) is 0 Å². The van der Waals surface area contributed by atoms with Crippen LogP contribution in [-0.2, 0) is 19.1 Å². The first-order chi connectivity index (χ1) is 12.2. The molecule has 3 heterocycles. The number of likely N-dealkylation sites (tertiary alicyclic amines) is 2. The normalized spacial score (nSPS) is 28.6. The highest BCUT2D eigenvalue weighted by atomic mass is 19.4. The van der Waals surface area contributed by atoms with E-state index in [-0.39, 0.29) is 18.1 Å². The minimum absolute atomic E-state index is 0.0932. The van der Waals surface area contributed by atoms with Gasteiger partial charge >= 0.3 is 12.1 Å². The maximum absolute atomic E-state index is 12.5. The van der Waals surface area contributed by atoms with E-state index in [1.54, 1.807) is 7.11 Å². The summed E-state index contributed by atoms with van der Waals surface area (Å²) in [7, 11) is 1.73. The van der Waals surface area contributed by atoms with Gasteiger partial charge in [0.25, 0.3) is 0 Å². The molecule has 3 unspecified atom stereocenters. The molecule has 0 aromatic carbocycles. The number of carbonyl (C=O) groups excluding carboxylic acids is 1. The quantitative estimate of drug-likeness (QED) is 0.781. The van der Waals surface area contributed by atoms with E-state index in [4.69, 9.17) is 19.4 Å². The van der Waals surface area contributed by atoms with Gasteiger partial charge in [0.1, 0.15) is 0 Å². The molecule has 1 N–H and O–H groups in total. The van der Waals surface area contributed by atoms with Crippen molar-refractivity contribution in [3.63, 3.8) is 0 Å². The van der Waals surface area contributed by atoms with Crippen molar-refractivity contribution in [1.29, 1.82) is 0 Å². The Bertz CT molecular complexity index is 497. The van der Waals surface area contributed by atoms with Crippen molar-refractivity contribution < 1.29 is 37.3 Å². The van der Waals surface area contributed by atoms with Gasteiger partial charge in [-0.3, -0.25) is 9.69 Å². The van der Waals surface area contributed by atoms with Crippen molar-refractivity contribution in [3.8, 4) is 0 Å². The van der Waals surface area contributed by atoms with Crippen LogP contribution in [0.1, 0.15) is 19.3 Å². The minimum atomic E-state index is -5.08. The van der Waals surface area contributed by atoms with E-state index in [0.717, 1.165) is 58.6 Å². The molecular weight excluding hydrogens is 357 g/mol. The van der Waals surface area contributed by atoms with Crippen LogP contribution in [0, 0.1) is 5.92 Å². The number of alkyl halides is 3. The SMILES string of the molecule is COCCN1CC2CC(C(=O)N3CCCC3)C(C1)O2.O=C(O)C(F)(F)F. The predicted octanol–water partition coefficient (Wildman–Crippen LogP) is 0.978. The number of rotatable bonds is 4. The predicted molar refractivity (Wildman–Crippen MR) is 84.6 cm³/mol. The largest absolute Gasteiger partial charge is 0.490 e. The van der Waals surface area contributed by atoms with E-state index >= 15 is 0 Å². The van der Waals surface area contributed by atoms with Crippen LogP contribution in [0.25, 0.3) is 0 Å². The van der Waals surface area contributed by atoms with E-state index in [1.165, 1.54) is 0 Å². The maximum atomic E-state index is 12.5. The molecule has 3 atom stereocenters. The number of ether oxygens (including phenoxy) is 2. The summed E-state index contributed by atoms with van der Waals surface area (Å²) in [5.41, 5.74) is 0. The standard InChI is InChI=1S/C14H24N2O3.C2HF3O2/c1-18-7-6-15-9-11-8-12(13(10-15)19-11)14(17)16-4-2-3-5-16;3-2(4,5)1(6)7/h11-13H,2-10H2,1H3;(H,6,7). The summed E-state index contributed by atoms with van der Waals surface area (Å²) < 4.78 is 42.8. The molecule has 10 heteroatoms. The second-order valence-electron chi connectivity index (χ2n) is 6.73. The Hall–Kier alpha value is -1.39. The molecule has 3 aliphatic rings. The van der Waals surface area contributed by atoms with Gasteiger partial charge in [0.05, 0.1) is 24.7 Å². The van der Waals surface area contributed by atoms with Crippen LogP contribution in [0.3, 0.4) is 0 Å². The Balaban J connectivity index is 0.000000298. The first-order valence-corrected chi connectivity index (χ1v) is 8.68. The van der Waals surface area contributed by atoms with Crippen LogP contribution in [0.2, 0.25) is 0 Å². The molecule has 3 saturated heterocycles. The molecule has 3 fully saturated rings. The van der Waals surface area contributed by atoms with Crippen molar-refractivity contribution >= 4 is 11.9 Å². The number of carbonyl (C=O) groups is 2. The zero-order chi connectivity index (χ0) is 19.3. The van der Waals surface area contributed by atoms with Crippen LogP contribution in [-0.4, -0.2) is 91.6 Å². The average molecular weight is 382 g/mol. The fraction of sp³-hybridized carbons (Fsp3) is 0.875. The van der Waals surface area contributed by atoms with E-state index in [0.29, 0.717) is 5.91 Å². The molecule has 0 aromatic rings. The topological polar surface area (TPSA) is 79.3 Å². The summed E-state index contributed by atoms with van der Waals surface area (Å²) in [6.45, 7) is 5.41. The van der Waals surface area contributed by atoms with Gasteiger partial charge in [-0.05, 0) is 19.3 Å². The molecule has 26 heavy (non-hydrogen) atoms. The number of fused-ring (bicyclic) bond motifs is 2. The third-order valence-electron chi connectivity index (χ3n) is 4.82. The summed E-state index contributed by atoms with van der Waals surface area (Å²) in [6, 6.07) is 0. The van der Waals surface area contributed by atoms with Crippen LogP contribution in [0.4, 0.5) is 13.2 Å². The summed E-state index contributed by atoms with van der Waals surface area (Å²) in [5, 5.41) is 7.12. The summed E-state index contributed by atoms with van der Waals surface area (Å²) >= 11 is 0. The highest BCUT2D eigenvalue weighted by Crippen LogP contribution is 2.33. The smallest absolute Gasteiger partial charge is 0.475 e. The molecule has 0 spiro atoms. The van der Waals surface area contributed by atoms with Crippen molar-refractivity contribution in [2.75, 3.05) is 46.4 Å². The second-order valence-corrected chi connectivity index (χ2v) is 6.73. The second kappa shape index (κ2) is 9.01. The van der Waals surface area contributed by atoms with Crippen molar-refractivity contribution in [3.05, 3.63) is 0 Å². The summed E-state index contributed by atoms with van der Waals surface area (Å²) in [4.78, 5) is 25.8. The first-order valence-electron chi connectivity index (χ1n) is 8.68. The molecule has 0 saturated carbocycles.